The predicted molar refractivity (Wildman–Crippen MR) is 134 cm³/mol. The molecule has 1 aromatic heterocycles. The van der Waals surface area contributed by atoms with E-state index in [1.54, 1.807) is 31.4 Å². The third-order valence-electron chi connectivity index (χ3n) is 5.54. The molecule has 11 heteroatoms. The van der Waals surface area contributed by atoms with Gasteiger partial charge in [-0.15, -0.1) is 11.3 Å². The molecule has 0 radical (unpaired) electrons. The lowest BCUT2D eigenvalue weighted by molar-refractivity contribution is -0.153. The van der Waals surface area contributed by atoms with Crippen LogP contribution in [0.5, 0.6) is 5.75 Å². The molecule has 2 aliphatic rings. The zero-order chi connectivity index (χ0) is 25.8. The minimum absolute atomic E-state index is 0.0349. The summed E-state index contributed by atoms with van der Waals surface area (Å²) in [5.41, 5.74) is 0.982. The molecule has 2 aliphatic heterocycles. The average Bonchev–Trinajstić information content (AvgIpc) is 3.37. The van der Waals surface area contributed by atoms with Gasteiger partial charge in [0.25, 0.3) is 5.91 Å². The number of fused-ring (bicyclic) bond motifs is 1. The van der Waals surface area contributed by atoms with E-state index < -0.39 is 29.3 Å². The van der Waals surface area contributed by atoms with Crippen LogP contribution < -0.4 is 10.1 Å². The van der Waals surface area contributed by atoms with E-state index in [-0.39, 0.29) is 31.2 Å². The number of benzene rings is 1. The summed E-state index contributed by atoms with van der Waals surface area (Å²) >= 11 is 2.68. The Morgan fingerprint density at radius 1 is 1.11 bits per heavy atom. The molecular formula is C25H24N2O7S2. The van der Waals surface area contributed by atoms with Gasteiger partial charge in [0, 0.05) is 22.3 Å². The first-order valence-electron chi connectivity index (χ1n) is 11.0. The summed E-state index contributed by atoms with van der Waals surface area (Å²) in [5.74, 6) is -1.37. The van der Waals surface area contributed by atoms with Crippen LogP contribution in [0.15, 0.2) is 64.5 Å². The largest absolute Gasteiger partial charge is 0.497 e. The van der Waals surface area contributed by atoms with Gasteiger partial charge < -0.3 is 19.5 Å². The van der Waals surface area contributed by atoms with E-state index in [1.807, 2.05) is 17.5 Å². The molecule has 9 nitrogen and oxygen atoms in total. The van der Waals surface area contributed by atoms with Crippen molar-refractivity contribution in [3.63, 3.8) is 0 Å². The lowest BCUT2D eigenvalue weighted by Crippen LogP contribution is -2.70. The number of nitrogens with zero attached hydrogens (tertiary/aromatic N) is 1. The van der Waals surface area contributed by atoms with Crippen molar-refractivity contribution < 1.29 is 33.4 Å². The minimum Gasteiger partial charge on any atom is -0.497 e. The summed E-state index contributed by atoms with van der Waals surface area (Å²) in [6.07, 6.45) is 0.157. The lowest BCUT2D eigenvalue weighted by atomic mass is 10.0. The Bertz CT molecular complexity index is 1220. The Kier molecular flexibility index (Phi) is 7.80. The summed E-state index contributed by atoms with van der Waals surface area (Å²) in [5, 5.41) is 4.07. The second kappa shape index (κ2) is 11.0. The van der Waals surface area contributed by atoms with Crippen LogP contribution in [0.2, 0.25) is 0 Å². The van der Waals surface area contributed by atoms with Crippen LogP contribution in [0.4, 0.5) is 0 Å². The van der Waals surface area contributed by atoms with E-state index in [4.69, 9.17) is 14.2 Å². The molecule has 2 aromatic rings. The Hall–Kier alpha value is -3.57. The van der Waals surface area contributed by atoms with Crippen LogP contribution in [0, 0.1) is 0 Å². The van der Waals surface area contributed by atoms with Crippen molar-refractivity contribution in [3.05, 3.63) is 75.0 Å². The highest BCUT2D eigenvalue weighted by atomic mass is 32.2. The van der Waals surface area contributed by atoms with Gasteiger partial charge in [-0.3, -0.25) is 19.3 Å². The topological polar surface area (TPSA) is 111 Å². The predicted octanol–water partition coefficient (Wildman–Crippen LogP) is 2.77. The fraction of sp³-hybridized carbons (Fsp3) is 0.280. The number of hydrogen-bond acceptors (Lipinski definition) is 9. The second-order valence-corrected chi connectivity index (χ2v) is 10.2. The van der Waals surface area contributed by atoms with Crippen LogP contribution in [0.3, 0.4) is 0 Å². The van der Waals surface area contributed by atoms with E-state index in [0.29, 0.717) is 16.2 Å². The number of esters is 2. The Morgan fingerprint density at radius 3 is 2.50 bits per heavy atom. The van der Waals surface area contributed by atoms with Gasteiger partial charge in [0.1, 0.15) is 36.1 Å². The quantitative estimate of drug-likeness (QED) is 0.391. The highest BCUT2D eigenvalue weighted by Crippen LogP contribution is 2.46. The number of rotatable bonds is 9. The molecule has 0 aliphatic carbocycles. The Balaban J connectivity index is 1.51. The third-order valence-corrected chi connectivity index (χ3v) is 7.67. The minimum atomic E-state index is -0.820. The van der Waals surface area contributed by atoms with Gasteiger partial charge in [0.2, 0.25) is 5.91 Å². The molecule has 0 spiro atoms. The fourth-order valence-electron chi connectivity index (χ4n) is 3.73. The molecule has 36 heavy (non-hydrogen) atoms. The van der Waals surface area contributed by atoms with Crippen molar-refractivity contribution in [1.82, 2.24) is 10.2 Å². The molecule has 0 saturated carbocycles. The van der Waals surface area contributed by atoms with Gasteiger partial charge in [-0.1, -0.05) is 36.5 Å². The van der Waals surface area contributed by atoms with Crippen LogP contribution in [-0.4, -0.2) is 53.8 Å². The Morgan fingerprint density at radius 2 is 1.86 bits per heavy atom. The first kappa shape index (κ1) is 25.5. The highest BCUT2D eigenvalue weighted by molar-refractivity contribution is 8.04. The molecular weight excluding hydrogens is 504 g/mol. The first-order valence-corrected chi connectivity index (χ1v) is 12.7. The number of ether oxygens (including phenoxy) is 3. The molecule has 1 aromatic carbocycles. The van der Waals surface area contributed by atoms with E-state index in [2.05, 4.69) is 11.9 Å². The fourth-order valence-corrected chi connectivity index (χ4v) is 5.66. The molecule has 3 heterocycles. The molecule has 4 rings (SSSR count). The standard InChI is InChI=1S/C25H24N2O7S2/c1-14-19(13-33-15(2)28)22(25(31)34-12-16-6-8-17(32-3)9-7-16)27-23(30)21(24(27)36-14)26-20(29)11-18-5-4-10-35-18/h4-10,21,24H,1,11-13H2,2-3H3,(H,26,29)/t21-,24-/m1/s1. The van der Waals surface area contributed by atoms with Crippen LogP contribution >= 0.6 is 23.1 Å². The van der Waals surface area contributed by atoms with Crippen molar-refractivity contribution in [3.8, 4) is 5.75 Å². The number of thiophene rings is 1. The van der Waals surface area contributed by atoms with Crippen molar-refractivity contribution in [2.45, 2.75) is 31.4 Å². The number of nitrogens with one attached hydrogen (secondary N) is 1. The highest BCUT2D eigenvalue weighted by Gasteiger charge is 2.55. The maximum absolute atomic E-state index is 13.2. The van der Waals surface area contributed by atoms with Crippen LogP contribution in [0.1, 0.15) is 17.4 Å². The second-order valence-electron chi connectivity index (χ2n) is 7.97. The summed E-state index contributed by atoms with van der Waals surface area (Å²) in [4.78, 5) is 52.8. The smallest absolute Gasteiger partial charge is 0.355 e. The van der Waals surface area contributed by atoms with Gasteiger partial charge in [0.05, 0.1) is 13.5 Å². The molecule has 2 atom stereocenters. The summed E-state index contributed by atoms with van der Waals surface area (Å²) in [6, 6.07) is 9.87. The molecule has 0 bridgehead atoms. The maximum Gasteiger partial charge on any atom is 0.355 e. The number of amides is 2. The number of β-lactam (4-membered cyclic amide) rings is 1. The number of thioether (sulfide) groups is 1. The number of carbonyl (C=O) groups is 4. The number of hydrogen-bond donors (Lipinski definition) is 1. The van der Waals surface area contributed by atoms with E-state index >= 15 is 0 Å². The number of methoxy groups -OCH3 is 1. The Labute approximate surface area is 216 Å². The molecule has 2 amide bonds. The zero-order valence-corrected chi connectivity index (χ0v) is 21.3. The average molecular weight is 529 g/mol. The van der Waals surface area contributed by atoms with Crippen LogP contribution in [-0.2, 0) is 41.7 Å². The first-order chi connectivity index (χ1) is 17.3. The van der Waals surface area contributed by atoms with Gasteiger partial charge in [-0.05, 0) is 29.1 Å². The molecule has 1 saturated heterocycles. The van der Waals surface area contributed by atoms with Gasteiger partial charge in [-0.25, -0.2) is 4.79 Å². The third kappa shape index (κ3) is 5.47. The molecule has 188 valence electrons. The number of carbonyl (C=O) groups excluding carboxylic acids is 4. The SMILES string of the molecule is C=C1S[C@@H]2[C@H](NC(=O)Cc3cccs3)C(=O)N2C(C(=O)OCc2ccc(OC)cc2)=C1COC(C)=O. The summed E-state index contributed by atoms with van der Waals surface area (Å²) in [7, 11) is 1.55. The monoisotopic (exact) mass is 528 g/mol. The van der Waals surface area contributed by atoms with Crippen molar-refractivity contribution in [2.75, 3.05) is 13.7 Å². The van der Waals surface area contributed by atoms with E-state index in [0.717, 1.165) is 10.4 Å². The van der Waals surface area contributed by atoms with Gasteiger partial charge in [-0.2, -0.15) is 0 Å². The van der Waals surface area contributed by atoms with Crippen molar-refractivity contribution in [2.24, 2.45) is 0 Å². The summed E-state index contributed by atoms with van der Waals surface area (Å²) < 4.78 is 15.8. The zero-order valence-electron chi connectivity index (χ0n) is 19.6. The van der Waals surface area contributed by atoms with Gasteiger partial charge >= 0.3 is 11.9 Å². The maximum atomic E-state index is 13.2. The van der Waals surface area contributed by atoms with E-state index in [1.165, 1.54) is 34.9 Å². The molecule has 0 unspecified atom stereocenters. The lowest BCUT2D eigenvalue weighted by Gasteiger charge is -2.50. The molecule has 1 N–H and O–H groups in total. The molecule has 1 fully saturated rings. The van der Waals surface area contributed by atoms with Crippen molar-refractivity contribution in [1.29, 1.82) is 0 Å². The normalized spacial score (nSPS) is 18.8. The van der Waals surface area contributed by atoms with Crippen molar-refractivity contribution >= 4 is 46.9 Å². The summed E-state index contributed by atoms with van der Waals surface area (Å²) in [6.45, 7) is 4.98. The van der Waals surface area contributed by atoms with Crippen LogP contribution in [0.25, 0.3) is 0 Å². The van der Waals surface area contributed by atoms with E-state index in [9.17, 15) is 19.2 Å². The van der Waals surface area contributed by atoms with Gasteiger partial charge in [0.15, 0.2) is 0 Å².